The summed E-state index contributed by atoms with van der Waals surface area (Å²) in [6.45, 7) is 4.20. The summed E-state index contributed by atoms with van der Waals surface area (Å²) in [7, 11) is 0. The van der Waals surface area contributed by atoms with Gasteiger partial charge in [-0.15, -0.1) is 0 Å². The van der Waals surface area contributed by atoms with Crippen molar-refractivity contribution in [2.24, 2.45) is 0 Å². The van der Waals surface area contributed by atoms with Gasteiger partial charge in [0.2, 0.25) is 0 Å². The molecular formula is C11H13N. The lowest BCUT2D eigenvalue weighted by atomic mass is 10.0. The maximum absolute atomic E-state index is 8.52. The molecule has 0 aliphatic heterocycles. The SMILES string of the molecule is CCc1cc(C)cc(CC#N)c1. The summed E-state index contributed by atoms with van der Waals surface area (Å²) in [5.74, 6) is 0. The third-order valence-corrected chi connectivity index (χ3v) is 1.89. The van der Waals surface area contributed by atoms with Gasteiger partial charge in [0, 0.05) is 0 Å². The molecule has 1 nitrogen and oxygen atoms in total. The quantitative estimate of drug-likeness (QED) is 0.650. The Morgan fingerprint density at radius 1 is 1.25 bits per heavy atom. The molecule has 0 aromatic heterocycles. The minimum Gasteiger partial charge on any atom is -0.198 e. The summed E-state index contributed by atoms with van der Waals surface area (Å²) >= 11 is 0. The Balaban J connectivity index is 2.99. The number of rotatable bonds is 2. The number of benzene rings is 1. The van der Waals surface area contributed by atoms with Crippen LogP contribution in [0.4, 0.5) is 0 Å². The summed E-state index contributed by atoms with van der Waals surface area (Å²) in [4.78, 5) is 0. The van der Waals surface area contributed by atoms with Crippen molar-refractivity contribution in [3.63, 3.8) is 0 Å². The van der Waals surface area contributed by atoms with E-state index in [4.69, 9.17) is 5.26 Å². The van der Waals surface area contributed by atoms with E-state index in [-0.39, 0.29) is 0 Å². The van der Waals surface area contributed by atoms with Crippen molar-refractivity contribution in [1.82, 2.24) is 0 Å². The second-order valence-corrected chi connectivity index (χ2v) is 3.02. The molecule has 0 bridgehead atoms. The molecule has 0 saturated carbocycles. The van der Waals surface area contributed by atoms with Crippen LogP contribution in [0.3, 0.4) is 0 Å². The molecule has 1 aromatic rings. The lowest BCUT2D eigenvalue weighted by molar-refractivity contribution is 1.11. The molecule has 0 N–H and O–H groups in total. The zero-order valence-corrected chi connectivity index (χ0v) is 7.59. The van der Waals surface area contributed by atoms with E-state index in [1.807, 2.05) is 0 Å². The van der Waals surface area contributed by atoms with E-state index in [1.165, 1.54) is 11.1 Å². The Morgan fingerprint density at radius 2 is 1.92 bits per heavy atom. The molecule has 0 heterocycles. The van der Waals surface area contributed by atoms with Crippen LogP contribution < -0.4 is 0 Å². The van der Waals surface area contributed by atoms with Gasteiger partial charge < -0.3 is 0 Å². The summed E-state index contributed by atoms with van der Waals surface area (Å²) in [5, 5.41) is 8.52. The zero-order valence-electron chi connectivity index (χ0n) is 7.59. The van der Waals surface area contributed by atoms with E-state index in [0.717, 1.165) is 12.0 Å². The molecule has 0 unspecified atom stereocenters. The first-order chi connectivity index (χ1) is 5.76. The highest BCUT2D eigenvalue weighted by Crippen LogP contribution is 2.10. The fourth-order valence-corrected chi connectivity index (χ4v) is 1.35. The van der Waals surface area contributed by atoms with E-state index in [0.29, 0.717) is 6.42 Å². The first kappa shape index (κ1) is 8.80. The maximum atomic E-state index is 8.52. The van der Waals surface area contributed by atoms with Crippen molar-refractivity contribution in [3.8, 4) is 6.07 Å². The van der Waals surface area contributed by atoms with Gasteiger partial charge >= 0.3 is 0 Å². The second kappa shape index (κ2) is 3.92. The molecule has 0 spiro atoms. The lowest BCUT2D eigenvalue weighted by Crippen LogP contribution is -1.88. The van der Waals surface area contributed by atoms with Crippen LogP contribution in [-0.4, -0.2) is 0 Å². The summed E-state index contributed by atoms with van der Waals surface area (Å²) in [6, 6.07) is 8.51. The third kappa shape index (κ3) is 2.10. The summed E-state index contributed by atoms with van der Waals surface area (Å²) in [6.07, 6.45) is 1.56. The van der Waals surface area contributed by atoms with Gasteiger partial charge in [0.25, 0.3) is 0 Å². The van der Waals surface area contributed by atoms with Gasteiger partial charge in [-0.1, -0.05) is 30.7 Å². The molecule has 0 atom stereocenters. The lowest BCUT2D eigenvalue weighted by Gasteiger charge is -2.02. The van der Waals surface area contributed by atoms with Gasteiger partial charge in [0.1, 0.15) is 0 Å². The fourth-order valence-electron chi connectivity index (χ4n) is 1.35. The highest BCUT2D eigenvalue weighted by molar-refractivity contribution is 5.30. The Bertz CT molecular complexity index is 307. The highest BCUT2D eigenvalue weighted by atomic mass is 14.2. The normalized spacial score (nSPS) is 9.42. The molecule has 0 amide bonds. The van der Waals surface area contributed by atoms with Crippen molar-refractivity contribution >= 4 is 0 Å². The van der Waals surface area contributed by atoms with Crippen molar-refractivity contribution in [2.75, 3.05) is 0 Å². The van der Waals surface area contributed by atoms with Gasteiger partial charge in [0.15, 0.2) is 0 Å². The number of nitrogens with zero attached hydrogens (tertiary/aromatic N) is 1. The predicted molar refractivity (Wildman–Crippen MR) is 49.9 cm³/mol. The zero-order chi connectivity index (χ0) is 8.97. The Hall–Kier alpha value is -1.29. The average molecular weight is 159 g/mol. The number of aryl methyl sites for hydroxylation is 2. The Kier molecular flexibility index (Phi) is 2.88. The largest absolute Gasteiger partial charge is 0.198 e. The van der Waals surface area contributed by atoms with E-state index >= 15 is 0 Å². The standard InChI is InChI=1S/C11H13N/c1-3-10-6-9(2)7-11(8-10)4-5-12/h6-8H,3-4H2,1-2H3. The molecule has 1 heteroatoms. The van der Waals surface area contributed by atoms with Crippen LogP contribution in [0.2, 0.25) is 0 Å². The Morgan fingerprint density at radius 3 is 2.50 bits per heavy atom. The molecular weight excluding hydrogens is 146 g/mol. The maximum Gasteiger partial charge on any atom is 0.0669 e. The van der Waals surface area contributed by atoms with Crippen LogP contribution in [0.1, 0.15) is 23.6 Å². The topological polar surface area (TPSA) is 23.8 Å². The average Bonchev–Trinajstić information content (AvgIpc) is 2.04. The minimum absolute atomic E-state index is 0.522. The molecule has 0 radical (unpaired) electrons. The van der Waals surface area contributed by atoms with Gasteiger partial charge in [-0.3, -0.25) is 0 Å². The summed E-state index contributed by atoms with van der Waals surface area (Å²) in [5.41, 5.74) is 3.70. The highest BCUT2D eigenvalue weighted by Gasteiger charge is 1.95. The van der Waals surface area contributed by atoms with Gasteiger partial charge in [-0.05, 0) is 24.5 Å². The second-order valence-electron chi connectivity index (χ2n) is 3.02. The third-order valence-electron chi connectivity index (χ3n) is 1.89. The molecule has 12 heavy (non-hydrogen) atoms. The predicted octanol–water partition coefficient (Wildman–Crippen LogP) is 2.62. The number of hydrogen-bond acceptors (Lipinski definition) is 1. The van der Waals surface area contributed by atoms with E-state index in [1.54, 1.807) is 0 Å². The van der Waals surface area contributed by atoms with Crippen molar-refractivity contribution in [3.05, 3.63) is 34.9 Å². The van der Waals surface area contributed by atoms with E-state index in [2.05, 4.69) is 38.1 Å². The Labute approximate surface area is 73.6 Å². The van der Waals surface area contributed by atoms with Crippen LogP contribution in [0, 0.1) is 18.3 Å². The van der Waals surface area contributed by atoms with Crippen molar-refractivity contribution in [2.45, 2.75) is 26.7 Å². The van der Waals surface area contributed by atoms with Crippen LogP contribution in [0.25, 0.3) is 0 Å². The van der Waals surface area contributed by atoms with Gasteiger partial charge in [-0.2, -0.15) is 5.26 Å². The van der Waals surface area contributed by atoms with Gasteiger partial charge in [0.05, 0.1) is 12.5 Å². The molecule has 0 aliphatic carbocycles. The van der Waals surface area contributed by atoms with Crippen molar-refractivity contribution < 1.29 is 0 Å². The molecule has 0 aliphatic rings. The smallest absolute Gasteiger partial charge is 0.0669 e. The molecule has 0 saturated heterocycles. The van der Waals surface area contributed by atoms with Crippen LogP contribution in [0.15, 0.2) is 18.2 Å². The fraction of sp³-hybridized carbons (Fsp3) is 0.364. The molecule has 1 aromatic carbocycles. The van der Waals surface area contributed by atoms with E-state index in [9.17, 15) is 0 Å². The monoisotopic (exact) mass is 159 g/mol. The molecule has 1 rings (SSSR count). The minimum atomic E-state index is 0.522. The van der Waals surface area contributed by atoms with Gasteiger partial charge in [-0.25, -0.2) is 0 Å². The summed E-state index contributed by atoms with van der Waals surface area (Å²) < 4.78 is 0. The van der Waals surface area contributed by atoms with Crippen LogP contribution >= 0.6 is 0 Å². The van der Waals surface area contributed by atoms with Crippen molar-refractivity contribution in [1.29, 1.82) is 5.26 Å². The van der Waals surface area contributed by atoms with E-state index < -0.39 is 0 Å². The number of nitriles is 1. The number of hydrogen-bond donors (Lipinski definition) is 0. The first-order valence-electron chi connectivity index (χ1n) is 4.22. The molecule has 0 fully saturated rings. The van der Waals surface area contributed by atoms with Crippen LogP contribution in [-0.2, 0) is 12.8 Å². The van der Waals surface area contributed by atoms with Crippen LogP contribution in [0.5, 0.6) is 0 Å². The first-order valence-corrected chi connectivity index (χ1v) is 4.22. The molecule has 62 valence electrons.